The van der Waals surface area contributed by atoms with Gasteiger partial charge in [0.15, 0.2) is 0 Å². The molecule has 0 saturated carbocycles. The maximum Gasteiger partial charge on any atom is 0.498 e. The molecule has 0 N–H and O–H groups in total. The van der Waals surface area contributed by atoms with Crippen LogP contribution in [0, 0.1) is 3.57 Å². The van der Waals surface area contributed by atoms with Crippen LogP contribution in [0.25, 0.3) is 0 Å². The summed E-state index contributed by atoms with van der Waals surface area (Å²) in [6, 6.07) is 12.7. The predicted molar refractivity (Wildman–Crippen MR) is 152 cm³/mol. The van der Waals surface area contributed by atoms with Crippen molar-refractivity contribution in [3.05, 3.63) is 51.1 Å². The molecule has 188 valence electrons. The van der Waals surface area contributed by atoms with Crippen molar-refractivity contribution in [1.29, 1.82) is 0 Å². The van der Waals surface area contributed by atoms with Crippen LogP contribution in [0.1, 0.15) is 92.2 Å². The molecule has 2 aromatic carbocycles. The van der Waals surface area contributed by atoms with Gasteiger partial charge in [0, 0.05) is 5.46 Å². The molecule has 2 aromatic rings. The summed E-state index contributed by atoms with van der Waals surface area (Å²) >= 11 is 2.30. The molecule has 1 saturated heterocycles. The van der Waals surface area contributed by atoms with Gasteiger partial charge in [-0.1, -0.05) is 45.9 Å². The zero-order valence-corrected chi connectivity index (χ0v) is 24.8. The summed E-state index contributed by atoms with van der Waals surface area (Å²) in [6.07, 6.45) is 0. The van der Waals surface area contributed by atoms with Crippen LogP contribution in [0.15, 0.2) is 36.4 Å². The third-order valence-electron chi connectivity index (χ3n) is 6.43. The van der Waals surface area contributed by atoms with Crippen LogP contribution >= 0.6 is 22.6 Å². The Morgan fingerprint density at radius 3 is 1.68 bits per heavy atom. The normalized spacial score (nSPS) is 16.4. The molecule has 1 fully saturated rings. The van der Waals surface area contributed by atoms with Gasteiger partial charge in [0.05, 0.1) is 28.0 Å². The molecule has 0 amide bonds. The Kier molecular flexibility index (Phi) is 10.3. The van der Waals surface area contributed by atoms with Crippen molar-refractivity contribution >= 4 is 35.2 Å². The van der Waals surface area contributed by atoms with Crippen LogP contribution in [-0.4, -0.2) is 31.5 Å². The first kappa shape index (κ1) is 29.0. The highest BCUT2D eigenvalue weighted by molar-refractivity contribution is 14.1. The number of halogens is 1. The molecule has 0 spiro atoms. The van der Waals surface area contributed by atoms with E-state index in [0.717, 1.165) is 23.6 Å². The van der Waals surface area contributed by atoms with Crippen molar-refractivity contribution in [1.82, 2.24) is 0 Å². The topological polar surface area (TPSA) is 36.9 Å². The third-order valence-corrected chi connectivity index (χ3v) is 7.32. The van der Waals surface area contributed by atoms with E-state index in [1.807, 2.05) is 13.8 Å². The molecule has 0 aromatic heterocycles. The molecule has 34 heavy (non-hydrogen) atoms. The fourth-order valence-electron chi connectivity index (χ4n) is 3.50. The summed E-state index contributed by atoms with van der Waals surface area (Å²) < 4.78 is 24.8. The van der Waals surface area contributed by atoms with Crippen molar-refractivity contribution in [2.45, 2.75) is 92.3 Å². The van der Waals surface area contributed by atoms with Crippen molar-refractivity contribution in [3.63, 3.8) is 0 Å². The van der Waals surface area contributed by atoms with Gasteiger partial charge in [-0.05, 0) is 105 Å². The highest BCUT2D eigenvalue weighted by Crippen LogP contribution is 2.37. The summed E-state index contributed by atoms with van der Waals surface area (Å²) in [4.78, 5) is 0. The molecule has 0 aliphatic carbocycles. The van der Waals surface area contributed by atoms with Gasteiger partial charge in [-0.15, -0.1) is 0 Å². The fourth-order valence-corrected chi connectivity index (χ4v) is 3.99. The van der Waals surface area contributed by atoms with E-state index in [2.05, 4.69) is 114 Å². The molecule has 0 unspecified atom stereocenters. The van der Waals surface area contributed by atoms with Gasteiger partial charge < -0.3 is 18.8 Å². The van der Waals surface area contributed by atoms with Gasteiger partial charge in [-0.2, -0.15) is 0 Å². The Bertz CT molecular complexity index is 924. The maximum atomic E-state index is 6.14. The fraction of sp³-hybridized carbons (Fsp3) is 0.571. The van der Waals surface area contributed by atoms with Crippen molar-refractivity contribution in [2.75, 3.05) is 13.2 Å². The van der Waals surface area contributed by atoms with E-state index in [4.69, 9.17) is 18.8 Å². The van der Waals surface area contributed by atoms with Crippen LogP contribution < -0.4 is 14.9 Å². The largest absolute Gasteiger partial charge is 0.498 e. The number of benzene rings is 2. The van der Waals surface area contributed by atoms with E-state index < -0.39 is 0 Å². The van der Waals surface area contributed by atoms with E-state index in [9.17, 15) is 0 Å². The Morgan fingerprint density at radius 1 is 0.765 bits per heavy atom. The summed E-state index contributed by atoms with van der Waals surface area (Å²) in [5.74, 6) is 2.91. The lowest BCUT2D eigenvalue weighted by molar-refractivity contribution is 0.00578. The van der Waals surface area contributed by atoms with E-state index in [1.54, 1.807) is 0 Å². The quantitative estimate of drug-likeness (QED) is 0.254. The zero-order valence-electron chi connectivity index (χ0n) is 22.6. The molecule has 0 radical (unpaired) electrons. The molecule has 6 heteroatoms. The van der Waals surface area contributed by atoms with Gasteiger partial charge in [0.25, 0.3) is 0 Å². The van der Waals surface area contributed by atoms with Gasteiger partial charge in [0.1, 0.15) is 11.5 Å². The molecule has 0 bridgehead atoms. The maximum absolute atomic E-state index is 6.14. The number of hydrogen-bond acceptors (Lipinski definition) is 4. The van der Waals surface area contributed by atoms with Gasteiger partial charge in [-0.3, -0.25) is 0 Å². The highest BCUT2D eigenvalue weighted by atomic mass is 127. The van der Waals surface area contributed by atoms with Crippen LogP contribution in [0.2, 0.25) is 0 Å². The molecule has 0 atom stereocenters. The monoisotopic (exact) mass is 580 g/mol. The SMILES string of the molecule is CCOc1cc(C(C)C)ccc1B1OC(C)(C)C(C)(C)O1.CCOc1cc(C(C)C)ccc1I. The van der Waals surface area contributed by atoms with E-state index in [1.165, 1.54) is 14.7 Å². The molecular weight excluding hydrogens is 538 g/mol. The van der Waals surface area contributed by atoms with Crippen molar-refractivity contribution in [2.24, 2.45) is 0 Å². The van der Waals surface area contributed by atoms with E-state index in [-0.39, 0.29) is 18.3 Å². The smallest absolute Gasteiger partial charge is 0.494 e. The average molecular weight is 580 g/mol. The summed E-state index contributed by atoms with van der Waals surface area (Å²) in [5.41, 5.74) is 2.90. The van der Waals surface area contributed by atoms with Gasteiger partial charge in [0.2, 0.25) is 0 Å². The number of hydrogen-bond donors (Lipinski definition) is 0. The molecule has 3 rings (SSSR count). The standard InChI is InChI=1S/C17H27BO3.C11H15IO/c1-8-19-15-11-13(12(2)3)9-10-14(15)18-20-16(4,5)17(6,7)21-18;1-4-13-11-7-9(8(2)3)5-6-10(11)12/h9-12H,8H2,1-7H3;5-8H,4H2,1-3H3. The van der Waals surface area contributed by atoms with E-state index in [0.29, 0.717) is 18.4 Å². The van der Waals surface area contributed by atoms with Gasteiger partial charge in [-0.25, -0.2) is 0 Å². The first-order chi connectivity index (χ1) is 15.8. The number of rotatable bonds is 7. The summed E-state index contributed by atoms with van der Waals surface area (Å²) in [5, 5.41) is 0. The Hall–Kier alpha value is -1.25. The second-order valence-electron chi connectivity index (χ2n) is 10.3. The molecule has 1 aliphatic rings. The average Bonchev–Trinajstić information content (AvgIpc) is 2.97. The third kappa shape index (κ3) is 7.14. The molecule has 4 nitrogen and oxygen atoms in total. The second-order valence-corrected chi connectivity index (χ2v) is 11.4. The first-order valence-corrected chi connectivity index (χ1v) is 13.4. The Balaban J connectivity index is 0.000000270. The van der Waals surface area contributed by atoms with Crippen molar-refractivity contribution < 1.29 is 18.8 Å². The summed E-state index contributed by atoms with van der Waals surface area (Å²) in [7, 11) is -0.377. The lowest BCUT2D eigenvalue weighted by Crippen LogP contribution is -2.41. The van der Waals surface area contributed by atoms with Crippen LogP contribution in [0.4, 0.5) is 0 Å². The molecular formula is C28H42BIO4. The minimum absolute atomic E-state index is 0.335. The first-order valence-electron chi connectivity index (χ1n) is 12.4. The van der Waals surface area contributed by atoms with Gasteiger partial charge >= 0.3 is 7.12 Å². The molecule has 1 heterocycles. The summed E-state index contributed by atoms with van der Waals surface area (Å²) in [6.45, 7) is 22.4. The lowest BCUT2D eigenvalue weighted by Gasteiger charge is -2.32. The second kappa shape index (κ2) is 12.1. The predicted octanol–water partition coefficient (Wildman–Crippen LogP) is 7.32. The minimum Gasteiger partial charge on any atom is -0.494 e. The highest BCUT2D eigenvalue weighted by Gasteiger charge is 2.52. The van der Waals surface area contributed by atoms with E-state index >= 15 is 0 Å². The van der Waals surface area contributed by atoms with Crippen LogP contribution in [0.3, 0.4) is 0 Å². The zero-order chi connectivity index (χ0) is 25.7. The number of ether oxygens (including phenoxy) is 2. The van der Waals surface area contributed by atoms with Crippen LogP contribution in [0.5, 0.6) is 11.5 Å². The Labute approximate surface area is 221 Å². The lowest BCUT2D eigenvalue weighted by atomic mass is 9.77. The Morgan fingerprint density at radius 2 is 1.21 bits per heavy atom. The van der Waals surface area contributed by atoms with Crippen molar-refractivity contribution in [3.8, 4) is 11.5 Å². The minimum atomic E-state index is -0.377. The van der Waals surface area contributed by atoms with Crippen LogP contribution in [-0.2, 0) is 9.31 Å². The molecule has 1 aliphatic heterocycles.